The summed E-state index contributed by atoms with van der Waals surface area (Å²) in [6.07, 6.45) is 0. The van der Waals surface area contributed by atoms with Crippen LogP contribution >= 0.6 is 23.4 Å². The summed E-state index contributed by atoms with van der Waals surface area (Å²) < 4.78 is 0. The molecule has 0 bridgehead atoms. The Morgan fingerprint density at radius 3 is 2.24 bits per heavy atom. The van der Waals surface area contributed by atoms with Gasteiger partial charge in [0.1, 0.15) is 0 Å². The molecule has 0 saturated heterocycles. The van der Waals surface area contributed by atoms with Crippen molar-refractivity contribution in [1.82, 2.24) is 20.7 Å². The first kappa shape index (κ1) is 27.0. The zero-order valence-corrected chi connectivity index (χ0v) is 22.7. The fraction of sp³-hybridized carbons (Fsp3) is 0.286. The van der Waals surface area contributed by atoms with Crippen molar-refractivity contribution in [2.45, 2.75) is 22.9 Å². The van der Waals surface area contributed by atoms with Gasteiger partial charge in [0.2, 0.25) is 5.91 Å². The first-order valence-electron chi connectivity index (χ1n) is 12.2. The number of carbonyl (C=O) groups is 2. The molecule has 1 heterocycles. The smallest absolute Gasteiger partial charge is 0.256 e. The predicted octanol–water partition coefficient (Wildman–Crippen LogP) is 4.02. The molecule has 9 heteroatoms. The molecule has 3 aromatic rings. The van der Waals surface area contributed by atoms with Gasteiger partial charge >= 0.3 is 0 Å². The Hall–Kier alpha value is -3.04. The zero-order valence-electron chi connectivity index (χ0n) is 21.1. The van der Waals surface area contributed by atoms with E-state index >= 15 is 0 Å². The molecule has 2 N–H and O–H groups in total. The molecular weight excluding hydrogens is 506 g/mol. The number of anilines is 1. The zero-order chi connectivity index (χ0) is 26.2. The molecule has 0 aliphatic carbocycles. The quantitative estimate of drug-likeness (QED) is 0.360. The highest BCUT2D eigenvalue weighted by atomic mass is 35.5. The molecule has 3 aromatic carbocycles. The second-order valence-corrected chi connectivity index (χ2v) is 10.4. The number of rotatable bonds is 11. The van der Waals surface area contributed by atoms with Gasteiger partial charge in [-0.3, -0.25) is 14.6 Å². The molecule has 7 nitrogen and oxygen atoms in total. The lowest BCUT2D eigenvalue weighted by molar-refractivity contribution is -0.145. The molecule has 1 aliphatic heterocycles. The summed E-state index contributed by atoms with van der Waals surface area (Å²) in [6.45, 7) is 2.71. The minimum atomic E-state index is -0.134. The van der Waals surface area contributed by atoms with E-state index in [1.165, 1.54) is 11.1 Å². The highest BCUT2D eigenvalue weighted by Gasteiger charge is 2.27. The van der Waals surface area contributed by atoms with Gasteiger partial charge in [0, 0.05) is 48.0 Å². The van der Waals surface area contributed by atoms with Crippen molar-refractivity contribution in [3.63, 3.8) is 0 Å². The van der Waals surface area contributed by atoms with Crippen molar-refractivity contribution in [3.8, 4) is 0 Å². The van der Waals surface area contributed by atoms with Crippen LogP contribution in [-0.2, 0) is 22.7 Å². The third-order valence-electron chi connectivity index (χ3n) is 6.21. The molecule has 0 aromatic heterocycles. The van der Waals surface area contributed by atoms with Crippen molar-refractivity contribution in [2.24, 2.45) is 0 Å². The monoisotopic (exact) mass is 537 g/mol. The molecule has 194 valence electrons. The summed E-state index contributed by atoms with van der Waals surface area (Å²) in [5.74, 6) is -0.215. The standard InChI is InChI=1S/C28H32ClN5O2S/c1-30-15-16-31-27(35)19-33(20-28(36)32(2)34-17-21-7-3-4-8-22(21)18-34)25-9-5-6-10-26(25)37-24-13-11-23(29)12-14-24/h3-14,30H,15-20H2,1-2H3,(H,31,35). The average molecular weight is 538 g/mol. The number of halogens is 1. The van der Waals surface area contributed by atoms with Crippen LogP contribution in [-0.4, -0.2) is 62.1 Å². The van der Waals surface area contributed by atoms with Crippen molar-refractivity contribution in [2.75, 3.05) is 45.2 Å². The summed E-state index contributed by atoms with van der Waals surface area (Å²) >= 11 is 7.64. The maximum atomic E-state index is 13.5. The molecule has 2 amide bonds. The SMILES string of the molecule is CNCCNC(=O)CN(CC(=O)N(C)N1Cc2ccccc2C1)c1ccccc1Sc1ccc(Cl)cc1. The van der Waals surface area contributed by atoms with Crippen molar-refractivity contribution < 1.29 is 9.59 Å². The van der Waals surface area contributed by atoms with Crippen LogP contribution in [0, 0.1) is 0 Å². The molecule has 37 heavy (non-hydrogen) atoms. The average Bonchev–Trinajstić information content (AvgIpc) is 3.34. The Morgan fingerprint density at radius 2 is 1.57 bits per heavy atom. The van der Waals surface area contributed by atoms with Gasteiger partial charge in [-0.05, 0) is 54.6 Å². The third kappa shape index (κ3) is 7.26. The second-order valence-electron chi connectivity index (χ2n) is 8.84. The number of likely N-dealkylation sites (N-methyl/N-ethyl adjacent to an activating group) is 2. The Kier molecular flexibility index (Phi) is 9.46. The maximum Gasteiger partial charge on any atom is 0.256 e. The van der Waals surface area contributed by atoms with Gasteiger partial charge in [0.05, 0.1) is 18.8 Å². The van der Waals surface area contributed by atoms with E-state index in [9.17, 15) is 9.59 Å². The third-order valence-corrected chi connectivity index (χ3v) is 7.54. The lowest BCUT2D eigenvalue weighted by Crippen LogP contribution is -2.48. The topological polar surface area (TPSA) is 67.9 Å². The van der Waals surface area contributed by atoms with E-state index in [0.29, 0.717) is 31.2 Å². The second kappa shape index (κ2) is 13.0. The molecular formula is C28H32ClN5O2S. The largest absolute Gasteiger partial charge is 0.353 e. The van der Waals surface area contributed by atoms with Gasteiger partial charge in [-0.2, -0.15) is 0 Å². The normalized spacial score (nSPS) is 12.7. The molecule has 0 saturated carbocycles. The summed E-state index contributed by atoms with van der Waals surface area (Å²) in [5.41, 5.74) is 3.29. The van der Waals surface area contributed by atoms with Crippen LogP contribution < -0.4 is 15.5 Å². The van der Waals surface area contributed by atoms with E-state index in [1.807, 2.05) is 77.6 Å². The van der Waals surface area contributed by atoms with Crippen LogP contribution in [0.1, 0.15) is 11.1 Å². The number of hydrogen-bond donors (Lipinski definition) is 2. The predicted molar refractivity (Wildman–Crippen MR) is 150 cm³/mol. The molecule has 0 atom stereocenters. The Balaban J connectivity index is 1.53. The summed E-state index contributed by atoms with van der Waals surface area (Å²) in [5, 5.41) is 10.3. The molecule has 0 spiro atoms. The Labute approximate surface area is 227 Å². The minimum absolute atomic E-state index is 0.0704. The van der Waals surface area contributed by atoms with Crippen LogP contribution in [0.4, 0.5) is 5.69 Å². The van der Waals surface area contributed by atoms with E-state index in [-0.39, 0.29) is 24.9 Å². The highest BCUT2D eigenvalue weighted by molar-refractivity contribution is 7.99. The Morgan fingerprint density at radius 1 is 0.919 bits per heavy atom. The first-order chi connectivity index (χ1) is 17.9. The van der Waals surface area contributed by atoms with Crippen LogP contribution in [0.15, 0.2) is 82.6 Å². The van der Waals surface area contributed by atoms with Crippen LogP contribution in [0.3, 0.4) is 0 Å². The number of carbonyl (C=O) groups excluding carboxylic acids is 2. The number of nitrogens with zero attached hydrogens (tertiary/aromatic N) is 3. The highest BCUT2D eigenvalue weighted by Crippen LogP contribution is 2.36. The number of para-hydroxylation sites is 1. The summed E-state index contributed by atoms with van der Waals surface area (Å²) in [6, 6.07) is 23.7. The van der Waals surface area contributed by atoms with Gasteiger partial charge in [0.25, 0.3) is 5.91 Å². The van der Waals surface area contributed by atoms with Gasteiger partial charge in [0.15, 0.2) is 0 Å². The van der Waals surface area contributed by atoms with E-state index in [0.717, 1.165) is 15.5 Å². The van der Waals surface area contributed by atoms with Crippen LogP contribution in [0.2, 0.25) is 5.02 Å². The fourth-order valence-electron chi connectivity index (χ4n) is 4.17. The van der Waals surface area contributed by atoms with Crippen LogP contribution in [0.5, 0.6) is 0 Å². The molecule has 0 radical (unpaired) electrons. The molecule has 1 aliphatic rings. The number of fused-ring (bicyclic) bond motifs is 1. The van der Waals surface area contributed by atoms with E-state index in [4.69, 9.17) is 11.6 Å². The van der Waals surface area contributed by atoms with Gasteiger partial charge in [-0.25, -0.2) is 5.01 Å². The first-order valence-corrected chi connectivity index (χ1v) is 13.4. The number of hydrazine groups is 1. The summed E-state index contributed by atoms with van der Waals surface area (Å²) in [7, 11) is 3.64. The van der Waals surface area contributed by atoms with E-state index in [1.54, 1.807) is 23.8 Å². The molecule has 0 unspecified atom stereocenters. The van der Waals surface area contributed by atoms with Crippen molar-refractivity contribution in [3.05, 3.63) is 88.9 Å². The number of amides is 2. The van der Waals surface area contributed by atoms with E-state index in [2.05, 4.69) is 22.8 Å². The molecule has 4 rings (SSSR count). The van der Waals surface area contributed by atoms with Gasteiger partial charge in [-0.15, -0.1) is 0 Å². The number of hydrogen-bond acceptors (Lipinski definition) is 6. The lowest BCUT2D eigenvalue weighted by Gasteiger charge is -2.32. The van der Waals surface area contributed by atoms with Crippen molar-refractivity contribution in [1.29, 1.82) is 0 Å². The molecule has 0 fully saturated rings. The summed E-state index contributed by atoms with van der Waals surface area (Å²) in [4.78, 5) is 30.2. The Bertz CT molecular complexity index is 1200. The number of benzene rings is 3. The van der Waals surface area contributed by atoms with E-state index < -0.39 is 0 Å². The van der Waals surface area contributed by atoms with Gasteiger partial charge in [-0.1, -0.05) is 59.8 Å². The number of nitrogens with one attached hydrogen (secondary N) is 2. The van der Waals surface area contributed by atoms with Gasteiger partial charge < -0.3 is 15.5 Å². The lowest BCUT2D eigenvalue weighted by atomic mass is 10.1. The van der Waals surface area contributed by atoms with Crippen LogP contribution in [0.25, 0.3) is 0 Å². The minimum Gasteiger partial charge on any atom is -0.353 e. The maximum absolute atomic E-state index is 13.5. The fourth-order valence-corrected chi connectivity index (χ4v) is 5.27. The van der Waals surface area contributed by atoms with Crippen molar-refractivity contribution >= 4 is 40.9 Å².